The van der Waals surface area contributed by atoms with Crippen LogP contribution in [0.25, 0.3) is 0 Å². The van der Waals surface area contributed by atoms with Crippen molar-refractivity contribution in [2.45, 2.75) is 110 Å². The second kappa shape index (κ2) is 8.71. The molecule has 1 aliphatic carbocycles. The summed E-state index contributed by atoms with van der Waals surface area (Å²) in [5.41, 5.74) is 1.95. The summed E-state index contributed by atoms with van der Waals surface area (Å²) in [6.07, 6.45) is 11.1. The van der Waals surface area contributed by atoms with Crippen LogP contribution in [0.5, 0.6) is 11.5 Å². The second-order valence-corrected chi connectivity index (χ2v) is 9.91. The van der Waals surface area contributed by atoms with E-state index in [-0.39, 0.29) is 11.5 Å². The molecule has 2 N–H and O–H groups in total. The summed E-state index contributed by atoms with van der Waals surface area (Å²) in [4.78, 5) is 0. The molecule has 1 aromatic carbocycles. The Hall–Kier alpha value is -1.48. The molecule has 3 heteroatoms. The van der Waals surface area contributed by atoms with E-state index in [0.29, 0.717) is 18.1 Å². The van der Waals surface area contributed by atoms with Crippen LogP contribution in [0.4, 0.5) is 0 Å². The smallest absolute Gasteiger partial charge is 0.127 e. The van der Waals surface area contributed by atoms with E-state index in [2.05, 4.69) is 40.7 Å². The number of ether oxygens (including phenoxy) is 1. The van der Waals surface area contributed by atoms with Crippen LogP contribution in [-0.2, 0) is 5.60 Å². The first kappa shape index (κ1) is 22.2. The van der Waals surface area contributed by atoms with E-state index in [1.807, 2.05) is 12.1 Å². The zero-order valence-corrected chi connectivity index (χ0v) is 19.1. The lowest BCUT2D eigenvalue weighted by Gasteiger charge is -2.47. The molecule has 0 radical (unpaired) electrons. The zero-order valence-electron chi connectivity index (χ0n) is 19.1. The molecule has 3 nitrogen and oxygen atoms in total. The highest BCUT2D eigenvalue weighted by Gasteiger charge is 2.46. The molecule has 0 spiro atoms. The third kappa shape index (κ3) is 4.50. The Bertz CT molecular complexity index is 749. The third-order valence-electron chi connectivity index (χ3n) is 7.15. The normalized spacial score (nSPS) is 24.7. The maximum absolute atomic E-state index is 11.5. The number of fused-ring (bicyclic) bond motifs is 3. The first-order valence-corrected chi connectivity index (χ1v) is 11.7. The highest BCUT2D eigenvalue weighted by atomic mass is 16.5. The van der Waals surface area contributed by atoms with Crippen molar-refractivity contribution in [2.24, 2.45) is 5.92 Å². The van der Waals surface area contributed by atoms with E-state index in [4.69, 9.17) is 4.74 Å². The van der Waals surface area contributed by atoms with E-state index in [1.54, 1.807) is 0 Å². The van der Waals surface area contributed by atoms with E-state index >= 15 is 0 Å². The Morgan fingerprint density at radius 1 is 1.10 bits per heavy atom. The molecular formula is C26H40O3. The largest absolute Gasteiger partial charge is 0.508 e. The summed E-state index contributed by atoms with van der Waals surface area (Å²) in [5, 5.41) is 22.6. The average Bonchev–Trinajstić information content (AvgIpc) is 2.64. The molecular weight excluding hydrogens is 360 g/mol. The van der Waals surface area contributed by atoms with Crippen LogP contribution in [0.2, 0.25) is 0 Å². The lowest BCUT2D eigenvalue weighted by molar-refractivity contribution is 0.00200. The van der Waals surface area contributed by atoms with Gasteiger partial charge in [-0.25, -0.2) is 0 Å². The fraction of sp³-hybridized carbons (Fsp3) is 0.692. The van der Waals surface area contributed by atoms with Crippen molar-refractivity contribution >= 4 is 0 Å². The number of hydrogen-bond donors (Lipinski definition) is 2. The fourth-order valence-electron chi connectivity index (χ4n) is 5.50. The van der Waals surface area contributed by atoms with Crippen molar-refractivity contribution in [2.75, 3.05) is 0 Å². The van der Waals surface area contributed by atoms with Crippen LogP contribution in [0.15, 0.2) is 23.8 Å². The van der Waals surface area contributed by atoms with E-state index < -0.39 is 5.60 Å². The molecule has 0 amide bonds. The van der Waals surface area contributed by atoms with Gasteiger partial charge in [0.05, 0.1) is 5.60 Å². The monoisotopic (exact) mass is 400 g/mol. The van der Waals surface area contributed by atoms with Crippen molar-refractivity contribution in [3.63, 3.8) is 0 Å². The Morgan fingerprint density at radius 2 is 1.86 bits per heavy atom. The SMILES string of the molecule is CCCCCCC(O)(CCC)c1cc(O)c2c(c1)OC(C)(C)[C@@H]1CC=C(C)C[C@@H]21. The standard InChI is InChI=1S/C26H40O3/c1-6-8-9-10-14-26(28,13-7-2)19-16-22(27)24-20-15-18(3)11-12-21(20)25(4,5)29-23(24)17-19/h11,16-17,20-21,27-28H,6-10,12-15H2,1-5H3/t20-,21-,26?/m1/s1. The van der Waals surface area contributed by atoms with Gasteiger partial charge in [-0.05, 0) is 64.2 Å². The summed E-state index contributed by atoms with van der Waals surface area (Å²) in [6, 6.07) is 3.84. The van der Waals surface area contributed by atoms with Gasteiger partial charge in [0.25, 0.3) is 0 Å². The molecule has 0 bridgehead atoms. The van der Waals surface area contributed by atoms with E-state index in [1.165, 1.54) is 18.4 Å². The first-order chi connectivity index (χ1) is 13.7. The minimum atomic E-state index is -0.901. The second-order valence-electron chi connectivity index (χ2n) is 9.91. The van der Waals surface area contributed by atoms with Crippen LogP contribution in [0.3, 0.4) is 0 Å². The lowest BCUT2D eigenvalue weighted by atomic mass is 9.67. The zero-order chi connectivity index (χ0) is 21.2. The molecule has 1 unspecified atom stereocenters. The summed E-state index contributed by atoms with van der Waals surface area (Å²) < 4.78 is 6.46. The highest BCUT2D eigenvalue weighted by Crippen LogP contribution is 2.55. The Morgan fingerprint density at radius 3 is 2.55 bits per heavy atom. The predicted octanol–water partition coefficient (Wildman–Crippen LogP) is 6.96. The van der Waals surface area contributed by atoms with Gasteiger partial charge in [-0.15, -0.1) is 0 Å². The molecule has 2 aliphatic rings. The van der Waals surface area contributed by atoms with Gasteiger partial charge in [0.2, 0.25) is 0 Å². The minimum absolute atomic E-state index is 0.275. The van der Waals surface area contributed by atoms with Crippen molar-refractivity contribution in [3.8, 4) is 11.5 Å². The van der Waals surface area contributed by atoms with Crippen LogP contribution in [0, 0.1) is 5.92 Å². The third-order valence-corrected chi connectivity index (χ3v) is 7.15. The van der Waals surface area contributed by atoms with Gasteiger partial charge in [0.1, 0.15) is 17.1 Å². The van der Waals surface area contributed by atoms with Crippen molar-refractivity contribution in [1.29, 1.82) is 0 Å². The number of phenolic OH excluding ortho intramolecular Hbond substituents is 1. The summed E-state index contributed by atoms with van der Waals surface area (Å²) >= 11 is 0. The number of unbranched alkanes of at least 4 members (excludes halogenated alkanes) is 3. The lowest BCUT2D eigenvalue weighted by Crippen LogP contribution is -2.45. The number of hydrogen-bond acceptors (Lipinski definition) is 3. The fourth-order valence-corrected chi connectivity index (χ4v) is 5.50. The van der Waals surface area contributed by atoms with Gasteiger partial charge < -0.3 is 14.9 Å². The Labute approximate surface area is 177 Å². The van der Waals surface area contributed by atoms with Crippen LogP contribution >= 0.6 is 0 Å². The number of benzene rings is 1. The van der Waals surface area contributed by atoms with Gasteiger partial charge in [-0.3, -0.25) is 0 Å². The van der Waals surface area contributed by atoms with Gasteiger partial charge in [0, 0.05) is 17.4 Å². The minimum Gasteiger partial charge on any atom is -0.508 e. The number of aliphatic hydroxyl groups is 1. The molecule has 0 saturated heterocycles. The van der Waals surface area contributed by atoms with Crippen LogP contribution in [0.1, 0.15) is 109 Å². The molecule has 29 heavy (non-hydrogen) atoms. The topological polar surface area (TPSA) is 49.7 Å². The van der Waals surface area contributed by atoms with Crippen molar-refractivity contribution in [1.82, 2.24) is 0 Å². The number of allylic oxidation sites excluding steroid dienone is 2. The molecule has 3 rings (SSSR count). The van der Waals surface area contributed by atoms with Gasteiger partial charge >= 0.3 is 0 Å². The molecule has 1 heterocycles. The van der Waals surface area contributed by atoms with Gasteiger partial charge in [-0.1, -0.05) is 57.6 Å². The maximum Gasteiger partial charge on any atom is 0.127 e. The average molecular weight is 401 g/mol. The molecule has 162 valence electrons. The quantitative estimate of drug-likeness (QED) is 0.366. The van der Waals surface area contributed by atoms with Gasteiger partial charge in [0.15, 0.2) is 0 Å². The summed E-state index contributed by atoms with van der Waals surface area (Å²) in [6.45, 7) is 10.8. The summed E-state index contributed by atoms with van der Waals surface area (Å²) in [7, 11) is 0. The number of rotatable bonds is 8. The van der Waals surface area contributed by atoms with Crippen molar-refractivity contribution < 1.29 is 14.9 Å². The van der Waals surface area contributed by atoms with Gasteiger partial charge in [-0.2, -0.15) is 0 Å². The highest BCUT2D eigenvalue weighted by molar-refractivity contribution is 5.53. The Balaban J connectivity index is 1.97. The number of aromatic hydroxyl groups is 1. The number of phenols is 1. The predicted molar refractivity (Wildman–Crippen MR) is 120 cm³/mol. The first-order valence-electron chi connectivity index (χ1n) is 11.7. The maximum atomic E-state index is 11.5. The molecule has 1 aromatic rings. The van der Waals surface area contributed by atoms with E-state index in [0.717, 1.165) is 55.4 Å². The molecule has 3 atom stereocenters. The molecule has 0 aromatic heterocycles. The van der Waals surface area contributed by atoms with Crippen LogP contribution in [-0.4, -0.2) is 15.8 Å². The van der Waals surface area contributed by atoms with Crippen molar-refractivity contribution in [3.05, 3.63) is 34.9 Å². The Kier molecular flexibility index (Phi) is 6.67. The van der Waals surface area contributed by atoms with Crippen LogP contribution < -0.4 is 4.74 Å². The summed E-state index contributed by atoms with van der Waals surface area (Å²) in [5.74, 6) is 1.69. The molecule has 0 saturated carbocycles. The molecule has 0 fully saturated rings. The molecule has 1 aliphatic heterocycles. The van der Waals surface area contributed by atoms with E-state index in [9.17, 15) is 10.2 Å².